The SMILES string of the molecule is Oc1c(Br)cc(/C=C2\c3cc(-c4ccsc4)cnc3NC2O)cc1Br. The quantitative estimate of drug-likeness (QED) is 0.465. The second-order valence-electron chi connectivity index (χ2n) is 5.61. The lowest BCUT2D eigenvalue weighted by Crippen LogP contribution is -2.12. The third-order valence-corrected chi connectivity index (χ3v) is 5.87. The fourth-order valence-corrected chi connectivity index (χ4v) is 4.63. The smallest absolute Gasteiger partial charge is 0.152 e. The number of anilines is 1. The molecule has 3 N–H and O–H groups in total. The van der Waals surface area contributed by atoms with Crippen LogP contribution in [-0.2, 0) is 0 Å². The molecule has 0 aliphatic carbocycles. The number of phenols is 1. The van der Waals surface area contributed by atoms with Gasteiger partial charge in [0.05, 0.1) is 8.95 Å². The van der Waals surface area contributed by atoms with E-state index >= 15 is 0 Å². The Labute approximate surface area is 165 Å². The van der Waals surface area contributed by atoms with E-state index < -0.39 is 6.23 Å². The summed E-state index contributed by atoms with van der Waals surface area (Å²) in [4.78, 5) is 4.44. The van der Waals surface area contributed by atoms with E-state index in [2.05, 4.69) is 47.5 Å². The fourth-order valence-electron chi connectivity index (χ4n) is 2.75. The molecule has 0 radical (unpaired) electrons. The standard InChI is InChI=1S/C18H12Br2N2O2S/c19-14-4-9(5-15(20)16(14)23)3-13-12-6-11(10-1-2-25-8-10)7-21-17(12)22-18(13)24/h1-8,18,23-24H,(H,21,22)/b13-3+. The van der Waals surface area contributed by atoms with Crippen LogP contribution < -0.4 is 5.32 Å². The first kappa shape index (κ1) is 16.8. The highest BCUT2D eigenvalue weighted by Gasteiger charge is 2.26. The first-order chi connectivity index (χ1) is 12.0. The van der Waals surface area contributed by atoms with E-state index in [0.29, 0.717) is 14.8 Å². The van der Waals surface area contributed by atoms with Crippen molar-refractivity contribution >= 4 is 60.7 Å². The summed E-state index contributed by atoms with van der Waals surface area (Å²) >= 11 is 8.30. The summed E-state index contributed by atoms with van der Waals surface area (Å²) in [5.74, 6) is 0.809. The molecule has 1 aliphatic rings. The van der Waals surface area contributed by atoms with Gasteiger partial charge in [0, 0.05) is 22.9 Å². The highest BCUT2D eigenvalue weighted by atomic mass is 79.9. The Bertz CT molecular complexity index is 964. The van der Waals surface area contributed by atoms with Crippen molar-refractivity contribution in [2.75, 3.05) is 5.32 Å². The van der Waals surface area contributed by atoms with E-state index in [1.165, 1.54) is 0 Å². The minimum atomic E-state index is -0.827. The van der Waals surface area contributed by atoms with Crippen molar-refractivity contribution in [2.45, 2.75) is 6.23 Å². The maximum atomic E-state index is 10.4. The number of hydrogen-bond donors (Lipinski definition) is 3. The number of fused-ring (bicyclic) bond motifs is 1. The van der Waals surface area contributed by atoms with E-state index in [1.807, 2.05) is 23.6 Å². The largest absolute Gasteiger partial charge is 0.506 e. The van der Waals surface area contributed by atoms with Gasteiger partial charge in [0.15, 0.2) is 6.23 Å². The third kappa shape index (κ3) is 3.13. The highest BCUT2D eigenvalue weighted by molar-refractivity contribution is 9.11. The molecule has 3 heterocycles. The Kier molecular flexibility index (Phi) is 4.41. The van der Waals surface area contributed by atoms with Crippen LogP contribution >= 0.6 is 43.2 Å². The van der Waals surface area contributed by atoms with E-state index in [-0.39, 0.29) is 5.75 Å². The van der Waals surface area contributed by atoms with Crippen molar-refractivity contribution in [3.8, 4) is 16.9 Å². The first-order valence-corrected chi connectivity index (χ1v) is 9.93. The second kappa shape index (κ2) is 6.57. The van der Waals surface area contributed by atoms with Crippen LogP contribution in [0.25, 0.3) is 22.8 Å². The molecule has 0 fully saturated rings. The van der Waals surface area contributed by atoms with Crippen LogP contribution in [0.5, 0.6) is 5.75 Å². The molecule has 4 nitrogen and oxygen atoms in total. The van der Waals surface area contributed by atoms with Crippen LogP contribution in [0.15, 0.2) is 50.2 Å². The van der Waals surface area contributed by atoms with Gasteiger partial charge in [-0.3, -0.25) is 0 Å². The minimum absolute atomic E-state index is 0.147. The zero-order valence-corrected chi connectivity index (χ0v) is 16.7. The number of aliphatic hydroxyl groups excluding tert-OH is 1. The number of rotatable bonds is 2. The molecule has 1 atom stereocenters. The Morgan fingerprint density at radius 2 is 1.92 bits per heavy atom. The number of aliphatic hydroxyl groups is 1. The molecule has 0 spiro atoms. The van der Waals surface area contributed by atoms with Gasteiger partial charge < -0.3 is 15.5 Å². The van der Waals surface area contributed by atoms with Crippen LogP contribution in [0.4, 0.5) is 5.82 Å². The molecule has 4 rings (SSSR count). The van der Waals surface area contributed by atoms with Crippen molar-refractivity contribution in [1.82, 2.24) is 4.98 Å². The van der Waals surface area contributed by atoms with E-state index in [9.17, 15) is 10.2 Å². The van der Waals surface area contributed by atoms with Gasteiger partial charge in [-0.2, -0.15) is 11.3 Å². The average Bonchev–Trinajstić information content (AvgIpc) is 3.21. The van der Waals surface area contributed by atoms with Crippen molar-refractivity contribution < 1.29 is 10.2 Å². The Hall–Kier alpha value is -1.67. The number of benzene rings is 1. The molecule has 3 aromatic rings. The normalized spacial score (nSPS) is 17.6. The maximum Gasteiger partial charge on any atom is 0.152 e. The number of phenolic OH excluding ortho intramolecular Hbond substituents is 1. The molecule has 1 unspecified atom stereocenters. The lowest BCUT2D eigenvalue weighted by Gasteiger charge is -2.07. The maximum absolute atomic E-state index is 10.4. The van der Waals surface area contributed by atoms with Crippen molar-refractivity contribution in [1.29, 1.82) is 0 Å². The van der Waals surface area contributed by atoms with E-state index in [4.69, 9.17) is 0 Å². The number of aromatic nitrogens is 1. The molecule has 2 aromatic heterocycles. The molecular formula is C18H12Br2N2O2S. The van der Waals surface area contributed by atoms with Crippen molar-refractivity contribution in [2.24, 2.45) is 0 Å². The van der Waals surface area contributed by atoms with Gasteiger partial charge in [-0.1, -0.05) is 0 Å². The van der Waals surface area contributed by atoms with Gasteiger partial charge in [-0.15, -0.1) is 0 Å². The number of hydrogen-bond acceptors (Lipinski definition) is 5. The zero-order valence-electron chi connectivity index (χ0n) is 12.7. The summed E-state index contributed by atoms with van der Waals surface area (Å²) in [6.07, 6.45) is 2.86. The third-order valence-electron chi connectivity index (χ3n) is 3.98. The summed E-state index contributed by atoms with van der Waals surface area (Å²) in [7, 11) is 0. The predicted molar refractivity (Wildman–Crippen MR) is 109 cm³/mol. The van der Waals surface area contributed by atoms with Crippen molar-refractivity contribution in [3.05, 3.63) is 61.3 Å². The Morgan fingerprint density at radius 3 is 2.60 bits per heavy atom. The monoisotopic (exact) mass is 478 g/mol. The molecule has 1 aromatic carbocycles. The van der Waals surface area contributed by atoms with Crippen LogP contribution in [0.1, 0.15) is 11.1 Å². The molecule has 0 saturated carbocycles. The predicted octanol–water partition coefficient (Wildman–Crippen LogP) is 5.33. The molecule has 0 saturated heterocycles. The molecule has 0 bridgehead atoms. The number of thiophene rings is 1. The van der Waals surface area contributed by atoms with E-state index in [0.717, 1.165) is 27.8 Å². The summed E-state index contributed by atoms with van der Waals surface area (Å²) in [6.45, 7) is 0. The number of aromatic hydroxyl groups is 1. The number of pyridine rings is 1. The van der Waals surface area contributed by atoms with Gasteiger partial charge in [0.25, 0.3) is 0 Å². The number of nitrogens with one attached hydrogen (secondary N) is 1. The van der Waals surface area contributed by atoms with Gasteiger partial charge in [-0.25, -0.2) is 4.98 Å². The van der Waals surface area contributed by atoms with Gasteiger partial charge in [-0.05, 0) is 84.1 Å². The van der Waals surface area contributed by atoms with Gasteiger partial charge in [0.1, 0.15) is 11.6 Å². The first-order valence-electron chi connectivity index (χ1n) is 7.40. The van der Waals surface area contributed by atoms with Crippen LogP contribution in [0, 0.1) is 0 Å². The molecule has 25 heavy (non-hydrogen) atoms. The molecule has 1 aliphatic heterocycles. The highest BCUT2D eigenvalue weighted by Crippen LogP contribution is 2.39. The summed E-state index contributed by atoms with van der Waals surface area (Å²) in [5.41, 5.74) is 4.58. The average molecular weight is 480 g/mol. The van der Waals surface area contributed by atoms with Crippen LogP contribution in [0.2, 0.25) is 0 Å². The van der Waals surface area contributed by atoms with Crippen LogP contribution in [0.3, 0.4) is 0 Å². The molecule has 126 valence electrons. The summed E-state index contributed by atoms with van der Waals surface area (Å²) < 4.78 is 1.17. The number of halogens is 2. The van der Waals surface area contributed by atoms with E-state index in [1.54, 1.807) is 29.7 Å². The lowest BCUT2D eigenvalue weighted by atomic mass is 10.0. The fraction of sp³-hybridized carbons (Fsp3) is 0.0556. The topological polar surface area (TPSA) is 65.4 Å². The minimum Gasteiger partial charge on any atom is -0.506 e. The second-order valence-corrected chi connectivity index (χ2v) is 8.10. The lowest BCUT2D eigenvalue weighted by molar-refractivity contribution is 0.266. The molecular weight excluding hydrogens is 468 g/mol. The van der Waals surface area contributed by atoms with Crippen molar-refractivity contribution in [3.63, 3.8) is 0 Å². The molecule has 0 amide bonds. The Balaban J connectivity index is 1.81. The Morgan fingerprint density at radius 1 is 1.16 bits per heavy atom. The molecule has 7 heteroatoms. The zero-order chi connectivity index (χ0) is 17.6. The van der Waals surface area contributed by atoms with Gasteiger partial charge >= 0.3 is 0 Å². The number of nitrogens with zero attached hydrogens (tertiary/aromatic N) is 1. The van der Waals surface area contributed by atoms with Crippen LogP contribution in [-0.4, -0.2) is 21.4 Å². The summed E-state index contributed by atoms with van der Waals surface area (Å²) in [5, 5.41) is 27.3. The summed E-state index contributed by atoms with van der Waals surface area (Å²) in [6, 6.07) is 7.68. The van der Waals surface area contributed by atoms with Gasteiger partial charge in [0.2, 0.25) is 0 Å².